The van der Waals surface area contributed by atoms with Crippen molar-refractivity contribution in [3.8, 4) is 5.75 Å². The third kappa shape index (κ3) is 5.05. The molecule has 2 rings (SSSR count). The van der Waals surface area contributed by atoms with Gasteiger partial charge in [-0.25, -0.2) is 4.98 Å². The number of ether oxygens (including phenoxy) is 1. The zero-order valence-corrected chi connectivity index (χ0v) is 12.3. The van der Waals surface area contributed by atoms with Crippen LogP contribution in [-0.2, 0) is 16.0 Å². The molecule has 0 saturated heterocycles. The molecular weight excluding hydrogens is 316 g/mol. The van der Waals surface area contributed by atoms with Gasteiger partial charge in [0.1, 0.15) is 5.75 Å². The van der Waals surface area contributed by atoms with Gasteiger partial charge in [-0.2, -0.15) is 0 Å². The monoisotopic (exact) mass is 326 g/mol. The smallest absolute Gasteiger partial charge is 0.309 e. The Morgan fingerprint density at radius 3 is 2.95 bits per heavy atom. The van der Waals surface area contributed by atoms with Crippen LogP contribution in [0.15, 0.2) is 29.6 Å². The van der Waals surface area contributed by atoms with Gasteiger partial charge in [-0.15, -0.1) is 11.3 Å². The minimum Gasteiger partial charge on any atom is -0.484 e. The number of aromatic nitrogens is 1. The molecule has 2 aromatic rings. The summed E-state index contributed by atoms with van der Waals surface area (Å²) in [6, 6.07) is 6.71. The maximum atomic E-state index is 11.7. The van der Waals surface area contributed by atoms with Crippen molar-refractivity contribution in [1.82, 2.24) is 4.98 Å². The summed E-state index contributed by atoms with van der Waals surface area (Å²) >= 11 is 6.96. The van der Waals surface area contributed by atoms with E-state index in [0.29, 0.717) is 21.6 Å². The molecule has 0 atom stereocenters. The number of carboxylic acid groups (broad SMARTS) is 1. The number of carboxylic acids is 1. The van der Waals surface area contributed by atoms with Gasteiger partial charge in [-0.3, -0.25) is 14.9 Å². The number of nitrogens with zero attached hydrogens (tertiary/aromatic N) is 1. The van der Waals surface area contributed by atoms with Crippen molar-refractivity contribution in [3.63, 3.8) is 0 Å². The quantitative estimate of drug-likeness (QED) is 0.851. The minimum absolute atomic E-state index is 0.175. The molecule has 0 saturated carbocycles. The van der Waals surface area contributed by atoms with Crippen molar-refractivity contribution in [1.29, 1.82) is 0 Å². The Kier molecular flexibility index (Phi) is 5.13. The molecule has 0 radical (unpaired) electrons. The number of thiazole rings is 1. The second kappa shape index (κ2) is 7.05. The van der Waals surface area contributed by atoms with Crippen LogP contribution in [-0.4, -0.2) is 28.6 Å². The Bertz CT molecular complexity index is 659. The van der Waals surface area contributed by atoms with Crippen molar-refractivity contribution in [3.05, 3.63) is 40.4 Å². The van der Waals surface area contributed by atoms with Crippen LogP contribution in [0.25, 0.3) is 0 Å². The fourth-order valence-corrected chi connectivity index (χ4v) is 2.37. The van der Waals surface area contributed by atoms with Gasteiger partial charge in [-0.05, 0) is 18.2 Å². The van der Waals surface area contributed by atoms with Gasteiger partial charge >= 0.3 is 5.97 Å². The Morgan fingerprint density at radius 2 is 2.24 bits per heavy atom. The van der Waals surface area contributed by atoms with Crippen molar-refractivity contribution in [2.75, 3.05) is 11.9 Å². The second-order valence-corrected chi connectivity index (χ2v) is 5.30. The zero-order valence-electron chi connectivity index (χ0n) is 10.7. The normalized spacial score (nSPS) is 10.1. The molecule has 0 aliphatic heterocycles. The molecule has 6 nitrogen and oxygen atoms in total. The average Bonchev–Trinajstić information content (AvgIpc) is 2.83. The van der Waals surface area contributed by atoms with E-state index in [1.54, 1.807) is 29.6 Å². The van der Waals surface area contributed by atoms with E-state index in [4.69, 9.17) is 21.4 Å². The van der Waals surface area contributed by atoms with E-state index in [0.717, 1.165) is 11.3 Å². The van der Waals surface area contributed by atoms with Crippen LogP contribution in [0.3, 0.4) is 0 Å². The van der Waals surface area contributed by atoms with Crippen LogP contribution in [0.5, 0.6) is 5.75 Å². The summed E-state index contributed by atoms with van der Waals surface area (Å²) in [6.45, 7) is -0.186. The lowest BCUT2D eigenvalue weighted by atomic mass is 10.3. The maximum Gasteiger partial charge on any atom is 0.309 e. The Morgan fingerprint density at radius 1 is 1.43 bits per heavy atom. The van der Waals surface area contributed by atoms with E-state index in [9.17, 15) is 9.59 Å². The first-order valence-electron chi connectivity index (χ1n) is 5.87. The highest BCUT2D eigenvalue weighted by atomic mass is 35.5. The van der Waals surface area contributed by atoms with Crippen LogP contribution in [0.2, 0.25) is 5.02 Å². The first-order valence-corrected chi connectivity index (χ1v) is 7.13. The number of aliphatic carboxylic acids is 1. The molecule has 8 heteroatoms. The molecule has 1 aromatic heterocycles. The summed E-state index contributed by atoms with van der Waals surface area (Å²) < 4.78 is 5.28. The fourth-order valence-electron chi connectivity index (χ4n) is 1.46. The van der Waals surface area contributed by atoms with Crippen LogP contribution in [0.1, 0.15) is 5.69 Å². The molecule has 0 spiro atoms. The molecule has 0 bridgehead atoms. The molecule has 2 N–H and O–H groups in total. The van der Waals surface area contributed by atoms with Gasteiger partial charge in [-0.1, -0.05) is 17.7 Å². The molecule has 0 aliphatic carbocycles. The Balaban J connectivity index is 1.84. The van der Waals surface area contributed by atoms with Crippen molar-refractivity contribution in [2.45, 2.75) is 6.42 Å². The predicted molar refractivity (Wildman–Crippen MR) is 79.0 cm³/mol. The lowest BCUT2D eigenvalue weighted by Crippen LogP contribution is -2.20. The number of halogens is 1. The third-order valence-electron chi connectivity index (χ3n) is 2.30. The fraction of sp³-hybridized carbons (Fsp3) is 0.154. The Labute approximate surface area is 129 Å². The molecule has 1 amide bonds. The highest BCUT2D eigenvalue weighted by molar-refractivity contribution is 7.13. The van der Waals surface area contributed by atoms with Crippen LogP contribution in [0, 0.1) is 0 Å². The minimum atomic E-state index is -0.970. The summed E-state index contributed by atoms with van der Waals surface area (Å²) in [5.41, 5.74) is 0.401. The number of carbonyl (C=O) groups excluding carboxylic acids is 1. The summed E-state index contributed by atoms with van der Waals surface area (Å²) in [5.74, 6) is -0.864. The first-order chi connectivity index (χ1) is 10.0. The number of hydrogen-bond donors (Lipinski definition) is 2. The largest absolute Gasteiger partial charge is 0.484 e. The van der Waals surface area contributed by atoms with E-state index >= 15 is 0 Å². The number of hydrogen-bond acceptors (Lipinski definition) is 5. The standard InChI is InChI=1S/C13H11ClN2O4S/c14-8-2-1-3-10(4-8)20-6-11(17)16-13-15-9(7-21-13)5-12(18)19/h1-4,7H,5-6H2,(H,18,19)(H,15,16,17). The maximum absolute atomic E-state index is 11.7. The number of rotatable bonds is 6. The van der Waals surface area contributed by atoms with Crippen LogP contribution in [0.4, 0.5) is 5.13 Å². The Hall–Kier alpha value is -2.12. The molecule has 1 aromatic carbocycles. The molecule has 0 unspecified atom stereocenters. The molecule has 1 heterocycles. The predicted octanol–water partition coefficient (Wildman–Crippen LogP) is 2.44. The van der Waals surface area contributed by atoms with Gasteiger partial charge in [0, 0.05) is 10.4 Å². The van der Waals surface area contributed by atoms with E-state index in [1.807, 2.05) is 0 Å². The summed E-state index contributed by atoms with van der Waals surface area (Å²) in [4.78, 5) is 26.2. The van der Waals surface area contributed by atoms with Gasteiger partial charge in [0.25, 0.3) is 5.91 Å². The zero-order chi connectivity index (χ0) is 15.2. The van der Waals surface area contributed by atoms with E-state index in [2.05, 4.69) is 10.3 Å². The SMILES string of the molecule is O=C(O)Cc1csc(NC(=O)COc2cccc(Cl)c2)n1. The summed E-state index contributed by atoms with van der Waals surface area (Å²) in [5, 5.41) is 13.6. The van der Waals surface area contributed by atoms with Crippen molar-refractivity contribution >= 4 is 39.9 Å². The van der Waals surface area contributed by atoms with Crippen molar-refractivity contribution < 1.29 is 19.4 Å². The van der Waals surface area contributed by atoms with Gasteiger partial charge in [0.05, 0.1) is 12.1 Å². The van der Waals surface area contributed by atoms with Crippen molar-refractivity contribution in [2.24, 2.45) is 0 Å². The average molecular weight is 327 g/mol. The lowest BCUT2D eigenvalue weighted by Gasteiger charge is -2.05. The highest BCUT2D eigenvalue weighted by Crippen LogP contribution is 2.18. The van der Waals surface area contributed by atoms with E-state index in [-0.39, 0.29) is 18.9 Å². The van der Waals surface area contributed by atoms with Gasteiger partial charge in [0.15, 0.2) is 11.7 Å². The number of anilines is 1. The summed E-state index contributed by atoms with van der Waals surface area (Å²) in [6.07, 6.45) is -0.175. The van der Waals surface area contributed by atoms with Gasteiger partial charge < -0.3 is 9.84 Å². The van der Waals surface area contributed by atoms with Crippen LogP contribution < -0.4 is 10.1 Å². The number of nitrogens with one attached hydrogen (secondary N) is 1. The van der Waals surface area contributed by atoms with Crippen LogP contribution >= 0.6 is 22.9 Å². The topological polar surface area (TPSA) is 88.5 Å². The van der Waals surface area contributed by atoms with E-state index < -0.39 is 5.97 Å². The summed E-state index contributed by atoms with van der Waals surface area (Å²) in [7, 11) is 0. The molecule has 0 fully saturated rings. The first kappa shape index (κ1) is 15.3. The number of benzene rings is 1. The highest BCUT2D eigenvalue weighted by Gasteiger charge is 2.09. The van der Waals surface area contributed by atoms with Gasteiger partial charge in [0.2, 0.25) is 0 Å². The lowest BCUT2D eigenvalue weighted by molar-refractivity contribution is -0.136. The molecule has 110 valence electrons. The number of amides is 1. The number of carbonyl (C=O) groups is 2. The third-order valence-corrected chi connectivity index (χ3v) is 3.34. The molecule has 21 heavy (non-hydrogen) atoms. The molecule has 0 aliphatic rings. The second-order valence-electron chi connectivity index (χ2n) is 4.01. The van der Waals surface area contributed by atoms with E-state index in [1.165, 1.54) is 0 Å². The molecular formula is C13H11ClN2O4S.